The van der Waals surface area contributed by atoms with Crippen molar-refractivity contribution in [3.63, 3.8) is 0 Å². The molecule has 0 bridgehead atoms. The molecule has 2 rings (SSSR count). The van der Waals surface area contributed by atoms with Crippen molar-refractivity contribution in [2.75, 3.05) is 6.61 Å². The molecule has 0 radical (unpaired) electrons. The summed E-state index contributed by atoms with van der Waals surface area (Å²) in [7, 11) is 0. The third kappa shape index (κ3) is 3.38. The van der Waals surface area contributed by atoms with Crippen molar-refractivity contribution in [2.45, 2.75) is 26.4 Å². The number of para-hydroxylation sites is 1. The molecule has 0 amide bonds. The molecule has 0 aliphatic heterocycles. The van der Waals surface area contributed by atoms with Gasteiger partial charge in [-0.05, 0) is 26.8 Å². The molecule has 2 aromatic rings. The highest BCUT2D eigenvalue weighted by Crippen LogP contribution is 2.18. The summed E-state index contributed by atoms with van der Waals surface area (Å²) >= 11 is 0. The van der Waals surface area contributed by atoms with Crippen molar-refractivity contribution in [1.82, 2.24) is 4.98 Å². The fourth-order valence-electron chi connectivity index (χ4n) is 1.81. The molecule has 5 heteroatoms. The zero-order chi connectivity index (χ0) is 14.8. The molecule has 1 aromatic heterocycles. The van der Waals surface area contributed by atoms with Crippen molar-refractivity contribution in [3.05, 3.63) is 36.0 Å². The zero-order valence-electron chi connectivity index (χ0n) is 11.7. The van der Waals surface area contributed by atoms with E-state index in [1.165, 1.54) is 0 Å². The highest BCUT2D eigenvalue weighted by atomic mass is 16.6. The second kappa shape index (κ2) is 5.36. The summed E-state index contributed by atoms with van der Waals surface area (Å²) in [6.45, 7) is 4.88. The van der Waals surface area contributed by atoms with Gasteiger partial charge in [0, 0.05) is 17.1 Å². The molecule has 0 spiro atoms. The summed E-state index contributed by atoms with van der Waals surface area (Å²) < 4.78 is 10.0. The maximum absolute atomic E-state index is 11.9. The van der Waals surface area contributed by atoms with Crippen molar-refractivity contribution in [2.24, 2.45) is 0 Å². The topological polar surface area (TPSA) is 68.4 Å². The van der Waals surface area contributed by atoms with Gasteiger partial charge in [-0.25, -0.2) is 9.59 Å². The highest BCUT2D eigenvalue weighted by molar-refractivity contribution is 6.04. The predicted molar refractivity (Wildman–Crippen MR) is 74.4 cm³/mol. The molecule has 1 aromatic carbocycles. The molecule has 0 atom stereocenters. The van der Waals surface area contributed by atoms with Crippen molar-refractivity contribution < 1.29 is 19.1 Å². The Balaban J connectivity index is 2.01. The summed E-state index contributed by atoms with van der Waals surface area (Å²) in [5, 5.41) is 0.765. The maximum Gasteiger partial charge on any atom is 0.344 e. The molecule has 0 saturated carbocycles. The van der Waals surface area contributed by atoms with Gasteiger partial charge in [0.2, 0.25) is 0 Å². The lowest BCUT2D eigenvalue weighted by molar-refractivity contribution is -0.158. The van der Waals surface area contributed by atoms with E-state index in [1.54, 1.807) is 27.0 Å². The average Bonchev–Trinajstić information content (AvgIpc) is 2.78. The van der Waals surface area contributed by atoms with Crippen LogP contribution >= 0.6 is 0 Å². The van der Waals surface area contributed by atoms with Crippen LogP contribution in [0.15, 0.2) is 30.5 Å². The van der Waals surface area contributed by atoms with Crippen LogP contribution in [0.3, 0.4) is 0 Å². The van der Waals surface area contributed by atoms with Crippen molar-refractivity contribution >= 4 is 22.8 Å². The van der Waals surface area contributed by atoms with E-state index in [4.69, 9.17) is 9.47 Å². The Kier molecular flexibility index (Phi) is 3.79. The molecule has 5 nitrogen and oxygen atoms in total. The Morgan fingerprint density at radius 1 is 1.20 bits per heavy atom. The number of hydrogen-bond acceptors (Lipinski definition) is 4. The quantitative estimate of drug-likeness (QED) is 0.874. The van der Waals surface area contributed by atoms with Crippen LogP contribution in [0, 0.1) is 0 Å². The number of H-pyrrole nitrogens is 1. The Bertz CT molecular complexity index is 637. The van der Waals surface area contributed by atoms with Crippen LogP contribution < -0.4 is 0 Å². The lowest BCUT2D eigenvalue weighted by Crippen LogP contribution is -2.27. The Morgan fingerprint density at radius 3 is 2.60 bits per heavy atom. The van der Waals surface area contributed by atoms with Crippen LogP contribution in [0.4, 0.5) is 0 Å². The first kappa shape index (κ1) is 14.1. The number of esters is 2. The first-order valence-corrected chi connectivity index (χ1v) is 6.32. The van der Waals surface area contributed by atoms with Gasteiger partial charge in [-0.1, -0.05) is 18.2 Å². The van der Waals surface area contributed by atoms with Gasteiger partial charge in [0.05, 0.1) is 5.56 Å². The van der Waals surface area contributed by atoms with Gasteiger partial charge in [-0.3, -0.25) is 0 Å². The number of fused-ring (bicyclic) bond motifs is 1. The fraction of sp³-hybridized carbons (Fsp3) is 0.333. The second-order valence-corrected chi connectivity index (χ2v) is 5.41. The van der Waals surface area contributed by atoms with E-state index in [-0.39, 0.29) is 0 Å². The van der Waals surface area contributed by atoms with Crippen LogP contribution in [-0.2, 0) is 14.3 Å². The second-order valence-electron chi connectivity index (χ2n) is 5.41. The van der Waals surface area contributed by atoms with E-state index < -0.39 is 24.1 Å². The maximum atomic E-state index is 11.9. The van der Waals surface area contributed by atoms with Gasteiger partial charge in [0.15, 0.2) is 6.61 Å². The van der Waals surface area contributed by atoms with Gasteiger partial charge in [0.1, 0.15) is 5.60 Å². The number of ether oxygens (including phenoxy) is 2. The van der Waals surface area contributed by atoms with Gasteiger partial charge >= 0.3 is 11.9 Å². The first-order chi connectivity index (χ1) is 9.37. The summed E-state index contributed by atoms with van der Waals surface area (Å²) in [6.07, 6.45) is 1.57. The SMILES string of the molecule is CC(C)(C)OC(=O)COC(=O)c1c[nH]c2ccccc12. The summed E-state index contributed by atoms with van der Waals surface area (Å²) in [5.74, 6) is -1.11. The Hall–Kier alpha value is -2.30. The molecule has 0 saturated heterocycles. The van der Waals surface area contributed by atoms with Crippen LogP contribution in [0.25, 0.3) is 10.9 Å². The van der Waals surface area contributed by atoms with Crippen LogP contribution in [-0.4, -0.2) is 29.1 Å². The number of carbonyl (C=O) groups excluding carboxylic acids is 2. The largest absolute Gasteiger partial charge is 0.457 e. The van der Waals surface area contributed by atoms with E-state index in [0.717, 1.165) is 10.9 Å². The Morgan fingerprint density at radius 2 is 1.90 bits per heavy atom. The van der Waals surface area contributed by atoms with Gasteiger partial charge in [-0.2, -0.15) is 0 Å². The zero-order valence-corrected chi connectivity index (χ0v) is 11.7. The number of aromatic amines is 1. The normalized spacial score (nSPS) is 11.3. The number of aromatic nitrogens is 1. The number of nitrogens with one attached hydrogen (secondary N) is 1. The van der Waals surface area contributed by atoms with Crippen LogP contribution in [0.5, 0.6) is 0 Å². The standard InChI is InChI=1S/C15H17NO4/c1-15(2,3)20-13(17)9-19-14(18)11-8-16-12-7-5-4-6-10(11)12/h4-8,16H,9H2,1-3H3. The average molecular weight is 275 g/mol. The number of rotatable bonds is 3. The van der Waals surface area contributed by atoms with Gasteiger partial charge in [-0.15, -0.1) is 0 Å². The van der Waals surface area contributed by atoms with E-state index >= 15 is 0 Å². The van der Waals surface area contributed by atoms with Crippen molar-refractivity contribution in [3.8, 4) is 0 Å². The fourth-order valence-corrected chi connectivity index (χ4v) is 1.81. The molecule has 1 N–H and O–H groups in total. The molecular weight excluding hydrogens is 258 g/mol. The minimum Gasteiger partial charge on any atom is -0.457 e. The minimum atomic E-state index is -0.593. The summed E-state index contributed by atoms with van der Waals surface area (Å²) in [4.78, 5) is 26.4. The number of benzene rings is 1. The van der Waals surface area contributed by atoms with E-state index in [9.17, 15) is 9.59 Å². The van der Waals surface area contributed by atoms with Crippen molar-refractivity contribution in [1.29, 1.82) is 0 Å². The first-order valence-electron chi connectivity index (χ1n) is 6.32. The molecule has 0 unspecified atom stereocenters. The molecule has 0 fully saturated rings. The van der Waals surface area contributed by atoms with Crippen LogP contribution in [0.1, 0.15) is 31.1 Å². The monoisotopic (exact) mass is 275 g/mol. The molecule has 106 valence electrons. The van der Waals surface area contributed by atoms with E-state index in [1.807, 2.05) is 24.3 Å². The molecule has 20 heavy (non-hydrogen) atoms. The molecule has 1 heterocycles. The third-order valence-electron chi connectivity index (χ3n) is 2.55. The molecule has 0 aliphatic carbocycles. The van der Waals surface area contributed by atoms with E-state index in [0.29, 0.717) is 5.56 Å². The lowest BCUT2D eigenvalue weighted by atomic mass is 10.2. The smallest absolute Gasteiger partial charge is 0.344 e. The van der Waals surface area contributed by atoms with Crippen LogP contribution in [0.2, 0.25) is 0 Å². The number of hydrogen-bond donors (Lipinski definition) is 1. The highest BCUT2D eigenvalue weighted by Gasteiger charge is 2.19. The lowest BCUT2D eigenvalue weighted by Gasteiger charge is -2.19. The number of carbonyl (C=O) groups is 2. The molecular formula is C15H17NO4. The third-order valence-corrected chi connectivity index (χ3v) is 2.55. The predicted octanol–water partition coefficient (Wildman–Crippen LogP) is 2.67. The summed E-state index contributed by atoms with van der Waals surface area (Å²) in [5.41, 5.74) is 0.658. The molecule has 0 aliphatic rings. The van der Waals surface area contributed by atoms with Gasteiger partial charge < -0.3 is 14.5 Å². The minimum absolute atomic E-state index is 0.393. The Labute approximate surface area is 116 Å². The van der Waals surface area contributed by atoms with Gasteiger partial charge in [0.25, 0.3) is 0 Å². The van der Waals surface area contributed by atoms with E-state index in [2.05, 4.69) is 4.98 Å². The summed E-state index contributed by atoms with van der Waals surface area (Å²) in [6, 6.07) is 7.38.